The van der Waals surface area contributed by atoms with E-state index in [1.54, 1.807) is 17.9 Å². The summed E-state index contributed by atoms with van der Waals surface area (Å²) in [6, 6.07) is 9.57. The lowest BCUT2D eigenvalue weighted by atomic mass is 9.98. The second kappa shape index (κ2) is 10.2. The van der Waals surface area contributed by atoms with E-state index < -0.39 is 0 Å². The number of ether oxygens (including phenoxy) is 1. The number of anilines is 1. The van der Waals surface area contributed by atoms with Crippen molar-refractivity contribution in [2.75, 3.05) is 44.6 Å². The second-order valence-corrected chi connectivity index (χ2v) is 7.66. The van der Waals surface area contributed by atoms with Gasteiger partial charge in [-0.25, -0.2) is 0 Å². The Hall–Kier alpha value is -2.87. The Kier molecular flexibility index (Phi) is 7.46. The third kappa shape index (κ3) is 5.82. The zero-order chi connectivity index (χ0) is 21.5. The summed E-state index contributed by atoms with van der Waals surface area (Å²) in [6.45, 7) is 8.78. The van der Waals surface area contributed by atoms with Gasteiger partial charge in [0.15, 0.2) is 12.4 Å². The number of piperazine rings is 1. The molecule has 1 aliphatic rings. The van der Waals surface area contributed by atoms with E-state index in [2.05, 4.69) is 30.4 Å². The highest BCUT2D eigenvalue weighted by atomic mass is 16.5. The molecule has 0 radical (unpaired) electrons. The Labute approximate surface area is 177 Å². The van der Waals surface area contributed by atoms with Gasteiger partial charge in [-0.05, 0) is 30.9 Å². The highest BCUT2D eigenvalue weighted by molar-refractivity contribution is 5.91. The lowest BCUT2D eigenvalue weighted by Crippen LogP contribution is -2.51. The summed E-state index contributed by atoms with van der Waals surface area (Å²) >= 11 is 0. The second-order valence-electron chi connectivity index (χ2n) is 7.66. The first kappa shape index (κ1) is 21.8. The van der Waals surface area contributed by atoms with Crippen LogP contribution in [0.3, 0.4) is 0 Å². The molecule has 1 aromatic heterocycles. The molecule has 1 saturated heterocycles. The molecule has 162 valence electrons. The molecule has 30 heavy (non-hydrogen) atoms. The normalized spacial score (nSPS) is 15.6. The summed E-state index contributed by atoms with van der Waals surface area (Å²) in [4.78, 5) is 28.5. The maximum absolute atomic E-state index is 12.6. The largest absolute Gasteiger partial charge is 0.483 e. The molecular formula is C22H30N4O4. The van der Waals surface area contributed by atoms with E-state index in [9.17, 15) is 9.59 Å². The predicted octanol–water partition coefficient (Wildman–Crippen LogP) is 2.66. The van der Waals surface area contributed by atoms with Crippen LogP contribution in [0.2, 0.25) is 0 Å². The van der Waals surface area contributed by atoms with Gasteiger partial charge < -0.3 is 19.5 Å². The van der Waals surface area contributed by atoms with Crippen molar-refractivity contribution in [3.8, 4) is 5.75 Å². The van der Waals surface area contributed by atoms with Crippen molar-refractivity contribution in [3.63, 3.8) is 0 Å². The van der Waals surface area contributed by atoms with Crippen LogP contribution in [0.4, 0.5) is 5.82 Å². The van der Waals surface area contributed by atoms with E-state index in [1.165, 1.54) is 0 Å². The van der Waals surface area contributed by atoms with Crippen molar-refractivity contribution in [1.29, 1.82) is 0 Å². The average molecular weight is 415 g/mol. The molecule has 1 aromatic carbocycles. The van der Waals surface area contributed by atoms with Crippen LogP contribution >= 0.6 is 0 Å². The number of para-hydroxylation sites is 1. The predicted molar refractivity (Wildman–Crippen MR) is 114 cm³/mol. The Morgan fingerprint density at radius 3 is 2.63 bits per heavy atom. The Morgan fingerprint density at radius 2 is 1.97 bits per heavy atom. The molecule has 1 unspecified atom stereocenters. The van der Waals surface area contributed by atoms with Crippen LogP contribution in [0, 0.1) is 6.92 Å². The van der Waals surface area contributed by atoms with Crippen molar-refractivity contribution < 1.29 is 18.8 Å². The number of hydrogen-bond donors (Lipinski definition) is 1. The number of rotatable bonds is 8. The van der Waals surface area contributed by atoms with Gasteiger partial charge in [-0.3, -0.25) is 14.5 Å². The first-order valence-corrected chi connectivity index (χ1v) is 10.4. The molecule has 1 N–H and O–H groups in total. The highest BCUT2D eigenvalue weighted by Gasteiger charge is 2.23. The van der Waals surface area contributed by atoms with E-state index in [0.29, 0.717) is 43.7 Å². The van der Waals surface area contributed by atoms with Crippen LogP contribution in [0.15, 0.2) is 34.9 Å². The van der Waals surface area contributed by atoms with Crippen molar-refractivity contribution in [2.45, 2.75) is 33.1 Å². The van der Waals surface area contributed by atoms with Gasteiger partial charge >= 0.3 is 0 Å². The van der Waals surface area contributed by atoms with Crippen molar-refractivity contribution >= 4 is 17.6 Å². The minimum absolute atomic E-state index is 0.0272. The van der Waals surface area contributed by atoms with E-state index in [1.807, 2.05) is 23.1 Å². The van der Waals surface area contributed by atoms with Gasteiger partial charge in [0, 0.05) is 32.2 Å². The third-order valence-electron chi connectivity index (χ3n) is 5.40. The lowest BCUT2D eigenvalue weighted by Gasteiger charge is -2.34. The van der Waals surface area contributed by atoms with Crippen LogP contribution < -0.4 is 10.1 Å². The first-order valence-electron chi connectivity index (χ1n) is 10.4. The van der Waals surface area contributed by atoms with Crippen molar-refractivity contribution in [3.05, 3.63) is 41.7 Å². The molecule has 1 atom stereocenters. The molecule has 3 rings (SSSR count). The molecule has 2 aromatic rings. The maximum atomic E-state index is 12.6. The number of hydrogen-bond acceptors (Lipinski definition) is 6. The minimum atomic E-state index is -0.145. The Balaban J connectivity index is 1.43. The van der Waals surface area contributed by atoms with Gasteiger partial charge in [0.1, 0.15) is 11.5 Å². The van der Waals surface area contributed by atoms with Crippen LogP contribution in [0.5, 0.6) is 5.75 Å². The first-order chi connectivity index (χ1) is 14.5. The van der Waals surface area contributed by atoms with E-state index in [0.717, 1.165) is 17.7 Å². The van der Waals surface area contributed by atoms with Gasteiger partial charge in [0.05, 0.1) is 6.54 Å². The monoisotopic (exact) mass is 414 g/mol. The minimum Gasteiger partial charge on any atom is -0.483 e. The summed E-state index contributed by atoms with van der Waals surface area (Å²) in [5.74, 6) is 2.04. The molecule has 2 heterocycles. The maximum Gasteiger partial charge on any atom is 0.260 e. The Bertz CT molecular complexity index is 858. The molecule has 0 bridgehead atoms. The number of amides is 2. The smallest absolute Gasteiger partial charge is 0.260 e. The molecule has 8 nitrogen and oxygen atoms in total. The zero-order valence-electron chi connectivity index (χ0n) is 17.9. The zero-order valence-corrected chi connectivity index (χ0v) is 17.9. The van der Waals surface area contributed by atoms with Gasteiger partial charge in [-0.1, -0.05) is 37.2 Å². The number of carbonyl (C=O) groups excluding carboxylic acids is 2. The fourth-order valence-corrected chi connectivity index (χ4v) is 3.44. The Morgan fingerprint density at radius 1 is 1.23 bits per heavy atom. The van der Waals surface area contributed by atoms with E-state index in [-0.39, 0.29) is 25.0 Å². The standard InChI is InChI=1S/C22H30N4O4/c1-4-16(2)18-7-5-6-8-19(18)29-15-22(28)26-11-9-25(10-12-26)14-21(27)23-20-13-17(3)30-24-20/h5-8,13,16H,4,9-12,14-15H2,1-3H3,(H,23,24,27). The molecule has 1 fully saturated rings. The number of carbonyl (C=O) groups is 2. The molecule has 8 heteroatoms. The summed E-state index contributed by atoms with van der Waals surface area (Å²) in [6.07, 6.45) is 1.01. The van der Waals surface area contributed by atoms with Gasteiger partial charge in [-0.15, -0.1) is 0 Å². The topological polar surface area (TPSA) is 87.9 Å². The fourth-order valence-electron chi connectivity index (χ4n) is 3.44. The van der Waals surface area contributed by atoms with E-state index >= 15 is 0 Å². The summed E-state index contributed by atoms with van der Waals surface area (Å²) in [7, 11) is 0. The van der Waals surface area contributed by atoms with Crippen molar-refractivity contribution in [1.82, 2.24) is 15.0 Å². The number of nitrogens with one attached hydrogen (secondary N) is 1. The van der Waals surface area contributed by atoms with Gasteiger partial charge in [0.25, 0.3) is 5.91 Å². The quantitative estimate of drug-likeness (QED) is 0.715. The lowest BCUT2D eigenvalue weighted by molar-refractivity contribution is -0.135. The highest BCUT2D eigenvalue weighted by Crippen LogP contribution is 2.28. The molecule has 1 aliphatic heterocycles. The average Bonchev–Trinajstić information content (AvgIpc) is 3.16. The van der Waals surface area contributed by atoms with Gasteiger partial charge in [0.2, 0.25) is 5.91 Å². The van der Waals surface area contributed by atoms with Crippen LogP contribution in [0.1, 0.15) is 37.5 Å². The molecule has 0 spiro atoms. The number of aryl methyl sites for hydroxylation is 1. The summed E-state index contributed by atoms with van der Waals surface area (Å²) < 4.78 is 10.8. The fraction of sp³-hybridized carbons (Fsp3) is 0.500. The summed E-state index contributed by atoms with van der Waals surface area (Å²) in [5, 5.41) is 6.48. The van der Waals surface area contributed by atoms with Crippen LogP contribution in [-0.2, 0) is 9.59 Å². The van der Waals surface area contributed by atoms with Crippen molar-refractivity contribution in [2.24, 2.45) is 0 Å². The molecule has 0 saturated carbocycles. The SMILES string of the molecule is CCC(C)c1ccccc1OCC(=O)N1CCN(CC(=O)Nc2cc(C)on2)CC1. The molecular weight excluding hydrogens is 384 g/mol. The van der Waals surface area contributed by atoms with E-state index in [4.69, 9.17) is 9.26 Å². The molecule has 2 amide bonds. The third-order valence-corrected chi connectivity index (χ3v) is 5.40. The molecule has 0 aliphatic carbocycles. The number of benzene rings is 1. The number of nitrogens with zero attached hydrogens (tertiary/aromatic N) is 3. The number of aromatic nitrogens is 1. The van der Waals surface area contributed by atoms with Gasteiger partial charge in [-0.2, -0.15) is 0 Å². The van der Waals surface area contributed by atoms with Crippen LogP contribution in [0.25, 0.3) is 0 Å². The summed E-state index contributed by atoms with van der Waals surface area (Å²) in [5.41, 5.74) is 1.13. The van der Waals surface area contributed by atoms with Crippen LogP contribution in [-0.4, -0.2) is 66.1 Å².